The van der Waals surface area contributed by atoms with Crippen molar-refractivity contribution < 1.29 is 18.0 Å². The monoisotopic (exact) mass is 366 g/mol. The highest BCUT2D eigenvalue weighted by molar-refractivity contribution is 6.34. The molecule has 0 aliphatic rings. The van der Waals surface area contributed by atoms with Gasteiger partial charge < -0.3 is 10.3 Å². The number of aromatic amines is 1. The fourth-order valence-corrected chi connectivity index (χ4v) is 2.54. The molecule has 1 heterocycles. The van der Waals surface area contributed by atoms with E-state index >= 15 is 0 Å². The molecule has 0 saturated carbocycles. The van der Waals surface area contributed by atoms with E-state index in [1.54, 1.807) is 24.3 Å². The van der Waals surface area contributed by atoms with Crippen molar-refractivity contribution in [1.29, 1.82) is 0 Å². The van der Waals surface area contributed by atoms with Crippen molar-refractivity contribution >= 4 is 34.1 Å². The summed E-state index contributed by atoms with van der Waals surface area (Å²) in [7, 11) is 0. The minimum Gasteiger partial charge on any atom is -0.322 e. The van der Waals surface area contributed by atoms with Crippen LogP contribution in [0.1, 0.15) is 15.9 Å². The molecular formula is C17H10ClF3N2O2. The highest BCUT2D eigenvalue weighted by Crippen LogP contribution is 2.34. The number of hydrogen-bond acceptors (Lipinski definition) is 2. The number of H-pyrrole nitrogens is 1. The SMILES string of the molecule is O=C(Nc1cc(C(F)(F)F)ccc1Cl)c1cc(=O)[nH]c2ccccc12. The highest BCUT2D eigenvalue weighted by Gasteiger charge is 2.31. The van der Waals surface area contributed by atoms with Crippen molar-refractivity contribution in [3.63, 3.8) is 0 Å². The van der Waals surface area contributed by atoms with Crippen LogP contribution in [0.25, 0.3) is 10.9 Å². The summed E-state index contributed by atoms with van der Waals surface area (Å²) < 4.78 is 38.5. The Hall–Kier alpha value is -2.80. The number of alkyl halides is 3. The second kappa shape index (κ2) is 6.25. The van der Waals surface area contributed by atoms with Gasteiger partial charge in [0, 0.05) is 17.0 Å². The van der Waals surface area contributed by atoms with Crippen LogP contribution in [0.4, 0.5) is 18.9 Å². The quantitative estimate of drug-likeness (QED) is 0.703. The van der Waals surface area contributed by atoms with Crippen molar-refractivity contribution in [2.75, 3.05) is 5.32 Å². The number of benzene rings is 2. The van der Waals surface area contributed by atoms with Crippen LogP contribution in [-0.4, -0.2) is 10.9 Å². The molecule has 0 radical (unpaired) electrons. The largest absolute Gasteiger partial charge is 0.416 e. The Morgan fingerprint density at radius 3 is 2.52 bits per heavy atom. The zero-order valence-electron chi connectivity index (χ0n) is 12.4. The van der Waals surface area contributed by atoms with Crippen LogP contribution in [0, 0.1) is 0 Å². The number of rotatable bonds is 2. The van der Waals surface area contributed by atoms with Gasteiger partial charge in [-0.15, -0.1) is 0 Å². The van der Waals surface area contributed by atoms with Crippen LogP contribution >= 0.6 is 11.6 Å². The summed E-state index contributed by atoms with van der Waals surface area (Å²) in [6.07, 6.45) is -4.57. The Morgan fingerprint density at radius 1 is 1.08 bits per heavy atom. The molecule has 0 spiro atoms. The predicted molar refractivity (Wildman–Crippen MR) is 89.0 cm³/mol. The van der Waals surface area contributed by atoms with E-state index < -0.39 is 23.2 Å². The van der Waals surface area contributed by atoms with E-state index in [2.05, 4.69) is 10.3 Å². The Balaban J connectivity index is 2.03. The number of para-hydroxylation sites is 1. The number of anilines is 1. The lowest BCUT2D eigenvalue weighted by Gasteiger charge is -2.12. The van der Waals surface area contributed by atoms with Gasteiger partial charge in [-0.3, -0.25) is 9.59 Å². The number of aromatic nitrogens is 1. The standard InChI is InChI=1S/C17H10ClF3N2O2/c18-12-6-5-9(17(19,20)21)7-14(12)23-16(25)11-8-15(24)22-13-4-2-1-3-10(11)13/h1-8H,(H,22,24)(H,23,25). The zero-order valence-corrected chi connectivity index (χ0v) is 13.2. The summed E-state index contributed by atoms with van der Waals surface area (Å²) in [5.74, 6) is -0.733. The average Bonchev–Trinajstić information content (AvgIpc) is 2.54. The molecule has 25 heavy (non-hydrogen) atoms. The fourth-order valence-electron chi connectivity index (χ4n) is 2.38. The van der Waals surface area contributed by atoms with E-state index in [1.807, 2.05) is 0 Å². The van der Waals surface area contributed by atoms with Crippen molar-refractivity contribution in [1.82, 2.24) is 4.98 Å². The van der Waals surface area contributed by atoms with Gasteiger partial charge >= 0.3 is 6.18 Å². The Morgan fingerprint density at radius 2 is 1.80 bits per heavy atom. The Bertz CT molecular complexity index is 1030. The van der Waals surface area contributed by atoms with Gasteiger partial charge in [-0.2, -0.15) is 13.2 Å². The predicted octanol–water partition coefficient (Wildman–Crippen LogP) is 4.45. The maximum Gasteiger partial charge on any atom is 0.416 e. The Labute approximate surface area is 144 Å². The van der Waals surface area contributed by atoms with Crippen LogP contribution < -0.4 is 10.9 Å². The van der Waals surface area contributed by atoms with Gasteiger partial charge in [-0.05, 0) is 24.3 Å². The van der Waals surface area contributed by atoms with Crippen molar-refractivity contribution in [3.8, 4) is 0 Å². The lowest BCUT2D eigenvalue weighted by atomic mass is 10.1. The molecule has 3 aromatic rings. The van der Waals surface area contributed by atoms with Gasteiger partial charge in [-0.25, -0.2) is 0 Å². The van der Waals surface area contributed by atoms with Crippen LogP contribution in [0.3, 0.4) is 0 Å². The first kappa shape index (κ1) is 17.0. The van der Waals surface area contributed by atoms with Crippen LogP contribution in [-0.2, 0) is 6.18 Å². The smallest absolute Gasteiger partial charge is 0.322 e. The molecule has 0 fully saturated rings. The van der Waals surface area contributed by atoms with Crippen molar-refractivity contribution in [3.05, 3.63) is 75.0 Å². The number of nitrogens with one attached hydrogen (secondary N) is 2. The van der Waals surface area contributed by atoms with E-state index in [0.29, 0.717) is 10.9 Å². The molecular weight excluding hydrogens is 357 g/mol. The first-order valence-electron chi connectivity index (χ1n) is 7.06. The summed E-state index contributed by atoms with van der Waals surface area (Å²) in [5, 5.41) is 2.75. The third-order valence-electron chi connectivity index (χ3n) is 3.54. The van der Waals surface area contributed by atoms with E-state index in [1.165, 1.54) is 0 Å². The third-order valence-corrected chi connectivity index (χ3v) is 3.87. The van der Waals surface area contributed by atoms with E-state index in [9.17, 15) is 22.8 Å². The molecule has 128 valence electrons. The van der Waals surface area contributed by atoms with Crippen LogP contribution in [0.15, 0.2) is 53.3 Å². The molecule has 0 saturated heterocycles. The molecule has 0 atom stereocenters. The molecule has 1 amide bonds. The molecule has 0 aliphatic carbocycles. The van der Waals surface area contributed by atoms with E-state index in [4.69, 9.17) is 11.6 Å². The first-order chi connectivity index (χ1) is 11.8. The van der Waals surface area contributed by atoms with Gasteiger partial charge in [0.25, 0.3) is 5.91 Å². The Kier molecular flexibility index (Phi) is 4.26. The van der Waals surface area contributed by atoms with E-state index in [-0.39, 0.29) is 16.3 Å². The minimum absolute atomic E-state index is 0.0350. The number of carbonyl (C=O) groups is 1. The molecule has 0 aliphatic heterocycles. The number of hydrogen-bond donors (Lipinski definition) is 2. The summed E-state index contributed by atoms with van der Waals surface area (Å²) in [4.78, 5) is 26.8. The maximum atomic E-state index is 12.8. The molecule has 3 rings (SSSR count). The zero-order chi connectivity index (χ0) is 18.2. The van der Waals surface area contributed by atoms with Gasteiger partial charge in [0.05, 0.1) is 21.8 Å². The normalized spacial score (nSPS) is 11.5. The van der Waals surface area contributed by atoms with Gasteiger partial charge in [0.15, 0.2) is 0 Å². The number of amides is 1. The summed E-state index contributed by atoms with van der Waals surface area (Å²) >= 11 is 5.88. The van der Waals surface area contributed by atoms with Gasteiger partial charge in [0.1, 0.15) is 0 Å². The third kappa shape index (κ3) is 3.51. The second-order valence-corrected chi connectivity index (χ2v) is 5.65. The molecule has 4 nitrogen and oxygen atoms in total. The van der Waals surface area contributed by atoms with Crippen molar-refractivity contribution in [2.45, 2.75) is 6.18 Å². The minimum atomic E-state index is -4.57. The first-order valence-corrected chi connectivity index (χ1v) is 7.43. The fraction of sp³-hybridized carbons (Fsp3) is 0.0588. The average molecular weight is 367 g/mol. The van der Waals surface area contributed by atoms with E-state index in [0.717, 1.165) is 24.3 Å². The second-order valence-electron chi connectivity index (χ2n) is 5.24. The topological polar surface area (TPSA) is 62.0 Å². The lowest BCUT2D eigenvalue weighted by Crippen LogP contribution is -2.17. The number of carbonyl (C=O) groups excluding carboxylic acids is 1. The highest BCUT2D eigenvalue weighted by atomic mass is 35.5. The van der Waals surface area contributed by atoms with Gasteiger partial charge in [0.2, 0.25) is 5.56 Å². The molecule has 8 heteroatoms. The molecule has 1 aromatic heterocycles. The summed E-state index contributed by atoms with van der Waals surface area (Å²) in [6, 6.07) is 10.3. The summed E-state index contributed by atoms with van der Waals surface area (Å²) in [5.41, 5.74) is -1.16. The number of fused-ring (bicyclic) bond motifs is 1. The van der Waals surface area contributed by atoms with Gasteiger partial charge in [-0.1, -0.05) is 29.8 Å². The molecule has 2 N–H and O–H groups in total. The summed E-state index contributed by atoms with van der Waals surface area (Å²) in [6.45, 7) is 0. The van der Waals surface area contributed by atoms with Crippen LogP contribution in [0.2, 0.25) is 5.02 Å². The molecule has 2 aromatic carbocycles. The molecule has 0 unspecified atom stereocenters. The van der Waals surface area contributed by atoms with Crippen LogP contribution in [0.5, 0.6) is 0 Å². The number of halogens is 4. The number of pyridine rings is 1. The maximum absolute atomic E-state index is 12.8. The lowest BCUT2D eigenvalue weighted by molar-refractivity contribution is -0.137. The van der Waals surface area contributed by atoms with Crippen molar-refractivity contribution in [2.24, 2.45) is 0 Å². The molecule has 0 bridgehead atoms.